The number of hydrogen-bond acceptors (Lipinski definition) is 2. The Morgan fingerprint density at radius 1 is 1.40 bits per heavy atom. The topological polar surface area (TPSA) is 43.1 Å². The van der Waals surface area contributed by atoms with E-state index in [1.807, 2.05) is 0 Å². The number of rotatable bonds is 3. The summed E-state index contributed by atoms with van der Waals surface area (Å²) in [5.74, 6) is 0.253. The van der Waals surface area contributed by atoms with E-state index in [0.29, 0.717) is 21.5 Å². The van der Waals surface area contributed by atoms with Crippen molar-refractivity contribution in [2.45, 2.75) is 18.9 Å². The molecule has 0 amide bonds. The van der Waals surface area contributed by atoms with Crippen molar-refractivity contribution in [3.05, 3.63) is 33.8 Å². The standard InChI is InChI=1S/C11H11Cl2NO/c12-7-3-4-8(9(13)5-7)11(15)10(14)6-1-2-6/h3-6,10H,1-2,14H2. The molecule has 0 saturated heterocycles. The Balaban J connectivity index is 2.24. The molecule has 2 N–H and O–H groups in total. The molecule has 0 bridgehead atoms. The van der Waals surface area contributed by atoms with Crippen molar-refractivity contribution in [3.8, 4) is 0 Å². The first-order valence-electron chi connectivity index (χ1n) is 4.84. The Bertz CT molecular complexity index is 402. The van der Waals surface area contributed by atoms with E-state index in [0.717, 1.165) is 12.8 Å². The fourth-order valence-corrected chi connectivity index (χ4v) is 2.04. The Hall–Kier alpha value is -0.570. The van der Waals surface area contributed by atoms with Crippen LogP contribution in [0.2, 0.25) is 10.0 Å². The number of ketones is 1. The predicted molar refractivity (Wildman–Crippen MR) is 61.5 cm³/mol. The van der Waals surface area contributed by atoms with Gasteiger partial charge in [0.15, 0.2) is 5.78 Å². The molecule has 0 aliphatic heterocycles. The zero-order valence-electron chi connectivity index (χ0n) is 8.04. The van der Waals surface area contributed by atoms with E-state index in [-0.39, 0.29) is 5.78 Å². The molecule has 1 saturated carbocycles. The van der Waals surface area contributed by atoms with Crippen molar-refractivity contribution in [2.75, 3.05) is 0 Å². The Labute approximate surface area is 98.4 Å². The molecule has 1 aliphatic rings. The van der Waals surface area contributed by atoms with Gasteiger partial charge < -0.3 is 5.73 Å². The zero-order chi connectivity index (χ0) is 11.0. The smallest absolute Gasteiger partial charge is 0.181 e. The molecule has 1 aliphatic carbocycles. The highest BCUT2D eigenvalue weighted by Crippen LogP contribution is 2.34. The fraction of sp³-hybridized carbons (Fsp3) is 0.364. The van der Waals surface area contributed by atoms with Gasteiger partial charge in [0.1, 0.15) is 0 Å². The fourth-order valence-electron chi connectivity index (χ4n) is 1.54. The number of carbonyl (C=O) groups is 1. The van der Waals surface area contributed by atoms with Gasteiger partial charge in [-0.2, -0.15) is 0 Å². The lowest BCUT2D eigenvalue weighted by Crippen LogP contribution is -2.32. The van der Waals surface area contributed by atoms with Crippen LogP contribution in [-0.2, 0) is 0 Å². The maximum atomic E-state index is 11.9. The van der Waals surface area contributed by atoms with Gasteiger partial charge in [-0.15, -0.1) is 0 Å². The van der Waals surface area contributed by atoms with Crippen molar-refractivity contribution in [1.29, 1.82) is 0 Å². The quantitative estimate of drug-likeness (QED) is 0.830. The minimum atomic E-state index is -0.413. The van der Waals surface area contributed by atoms with Crippen LogP contribution in [0.25, 0.3) is 0 Å². The van der Waals surface area contributed by atoms with Crippen molar-refractivity contribution in [2.24, 2.45) is 11.7 Å². The molecular formula is C11H11Cl2NO. The summed E-state index contributed by atoms with van der Waals surface area (Å²) < 4.78 is 0. The van der Waals surface area contributed by atoms with Gasteiger partial charge in [-0.25, -0.2) is 0 Å². The normalized spacial score (nSPS) is 17.5. The summed E-state index contributed by atoms with van der Waals surface area (Å²) in [7, 11) is 0. The number of nitrogens with two attached hydrogens (primary N) is 1. The maximum Gasteiger partial charge on any atom is 0.181 e. The molecule has 2 nitrogen and oxygen atoms in total. The van der Waals surface area contributed by atoms with Gasteiger partial charge in [0.05, 0.1) is 11.1 Å². The number of hydrogen-bond donors (Lipinski definition) is 1. The number of halogens is 2. The van der Waals surface area contributed by atoms with Crippen LogP contribution in [0, 0.1) is 5.92 Å². The van der Waals surface area contributed by atoms with E-state index in [1.165, 1.54) is 0 Å². The largest absolute Gasteiger partial charge is 0.321 e. The van der Waals surface area contributed by atoms with Crippen LogP contribution >= 0.6 is 23.2 Å². The average Bonchev–Trinajstić information content (AvgIpc) is 2.99. The minimum Gasteiger partial charge on any atom is -0.321 e. The lowest BCUT2D eigenvalue weighted by atomic mass is 10.0. The predicted octanol–water partition coefficient (Wildman–Crippen LogP) is 2.91. The highest BCUT2D eigenvalue weighted by atomic mass is 35.5. The van der Waals surface area contributed by atoms with Crippen molar-refractivity contribution in [1.82, 2.24) is 0 Å². The number of Topliss-reactive ketones (excluding diaryl/α,β-unsaturated/α-hetero) is 1. The lowest BCUT2D eigenvalue weighted by Gasteiger charge is -2.10. The highest BCUT2D eigenvalue weighted by molar-refractivity contribution is 6.37. The maximum absolute atomic E-state index is 11.9. The van der Waals surface area contributed by atoms with Gasteiger partial charge in [0, 0.05) is 10.6 Å². The van der Waals surface area contributed by atoms with E-state index < -0.39 is 6.04 Å². The second-order valence-electron chi connectivity index (χ2n) is 3.85. The molecule has 0 aromatic heterocycles. The molecule has 4 heteroatoms. The van der Waals surface area contributed by atoms with Crippen LogP contribution in [0.5, 0.6) is 0 Å². The van der Waals surface area contributed by atoms with E-state index >= 15 is 0 Å². The molecule has 1 atom stereocenters. The number of benzene rings is 1. The van der Waals surface area contributed by atoms with Crippen molar-refractivity contribution in [3.63, 3.8) is 0 Å². The first-order chi connectivity index (χ1) is 7.09. The van der Waals surface area contributed by atoms with Gasteiger partial charge in [-0.3, -0.25) is 4.79 Å². The van der Waals surface area contributed by atoms with Gasteiger partial charge >= 0.3 is 0 Å². The van der Waals surface area contributed by atoms with Gasteiger partial charge in [0.25, 0.3) is 0 Å². The third kappa shape index (κ3) is 2.33. The summed E-state index contributed by atoms with van der Waals surface area (Å²) in [5, 5.41) is 0.903. The molecule has 1 fully saturated rings. The summed E-state index contributed by atoms with van der Waals surface area (Å²) in [6.45, 7) is 0. The lowest BCUT2D eigenvalue weighted by molar-refractivity contribution is 0.0952. The van der Waals surface area contributed by atoms with E-state index in [2.05, 4.69) is 0 Å². The summed E-state index contributed by atoms with van der Waals surface area (Å²) >= 11 is 11.7. The second kappa shape index (κ2) is 4.12. The summed E-state index contributed by atoms with van der Waals surface area (Å²) in [4.78, 5) is 11.9. The molecule has 15 heavy (non-hydrogen) atoms. The van der Waals surface area contributed by atoms with Crippen LogP contribution in [0.4, 0.5) is 0 Å². The van der Waals surface area contributed by atoms with Crippen LogP contribution in [0.3, 0.4) is 0 Å². The molecule has 1 aromatic carbocycles. The molecular weight excluding hydrogens is 233 g/mol. The SMILES string of the molecule is NC(C(=O)c1ccc(Cl)cc1Cl)C1CC1. The number of carbonyl (C=O) groups excluding carboxylic acids is 1. The molecule has 1 unspecified atom stereocenters. The third-order valence-electron chi connectivity index (χ3n) is 2.63. The molecule has 1 aromatic rings. The molecule has 80 valence electrons. The van der Waals surface area contributed by atoms with E-state index in [1.54, 1.807) is 18.2 Å². The Kier molecular flexibility index (Phi) is 3.01. The molecule has 2 rings (SSSR count). The van der Waals surface area contributed by atoms with Crippen LogP contribution < -0.4 is 5.73 Å². The van der Waals surface area contributed by atoms with Gasteiger partial charge in [-0.1, -0.05) is 23.2 Å². The summed E-state index contributed by atoms with van der Waals surface area (Å²) in [6.07, 6.45) is 2.08. The van der Waals surface area contributed by atoms with Crippen molar-refractivity contribution >= 4 is 29.0 Å². The third-order valence-corrected chi connectivity index (χ3v) is 3.18. The highest BCUT2D eigenvalue weighted by Gasteiger charge is 2.34. The molecule has 0 radical (unpaired) electrons. The molecule has 0 spiro atoms. The van der Waals surface area contributed by atoms with Crippen LogP contribution in [-0.4, -0.2) is 11.8 Å². The van der Waals surface area contributed by atoms with Gasteiger partial charge in [0.2, 0.25) is 0 Å². The zero-order valence-corrected chi connectivity index (χ0v) is 9.55. The summed E-state index contributed by atoms with van der Waals surface area (Å²) in [5.41, 5.74) is 6.29. The molecule has 0 heterocycles. The Morgan fingerprint density at radius 2 is 2.07 bits per heavy atom. The van der Waals surface area contributed by atoms with Crippen molar-refractivity contribution < 1.29 is 4.79 Å². The van der Waals surface area contributed by atoms with E-state index in [4.69, 9.17) is 28.9 Å². The summed E-state index contributed by atoms with van der Waals surface area (Å²) in [6, 6.07) is 4.44. The Morgan fingerprint density at radius 3 is 2.60 bits per heavy atom. The average molecular weight is 244 g/mol. The first kappa shape index (κ1) is 10.9. The second-order valence-corrected chi connectivity index (χ2v) is 4.70. The van der Waals surface area contributed by atoms with Gasteiger partial charge in [-0.05, 0) is 37.0 Å². The van der Waals surface area contributed by atoms with E-state index in [9.17, 15) is 4.79 Å². The monoisotopic (exact) mass is 243 g/mol. The first-order valence-corrected chi connectivity index (χ1v) is 5.60. The van der Waals surface area contributed by atoms with Crippen LogP contribution in [0.15, 0.2) is 18.2 Å². The minimum absolute atomic E-state index is 0.0841. The van der Waals surface area contributed by atoms with Crippen LogP contribution in [0.1, 0.15) is 23.2 Å².